The molecule has 1 N–H and O–H groups in total. The summed E-state index contributed by atoms with van der Waals surface area (Å²) in [6.45, 7) is 9.62. The van der Waals surface area contributed by atoms with Gasteiger partial charge in [0.25, 0.3) is 5.91 Å². The average molecular weight is 457 g/mol. The highest BCUT2D eigenvalue weighted by Crippen LogP contribution is 2.32. The third-order valence-electron chi connectivity index (χ3n) is 6.69. The quantitative estimate of drug-likeness (QED) is 0.503. The number of amides is 1. The Balaban J connectivity index is 1.64. The fourth-order valence-corrected chi connectivity index (χ4v) is 4.67. The number of likely N-dealkylation sites (N-methyl/N-ethyl adjacent to an activating group) is 1. The minimum absolute atomic E-state index is 0.0988. The molecule has 0 bridgehead atoms. The van der Waals surface area contributed by atoms with Crippen LogP contribution in [0.4, 0.5) is 11.4 Å². The first kappa shape index (κ1) is 24.0. The maximum atomic E-state index is 12.8. The van der Waals surface area contributed by atoms with Crippen LogP contribution < -0.4 is 5.32 Å². The van der Waals surface area contributed by atoms with Crippen molar-refractivity contribution >= 4 is 17.3 Å². The summed E-state index contributed by atoms with van der Waals surface area (Å²) < 4.78 is 0. The van der Waals surface area contributed by atoms with E-state index in [-0.39, 0.29) is 11.9 Å². The maximum absolute atomic E-state index is 12.8. The van der Waals surface area contributed by atoms with Crippen molar-refractivity contribution in [2.75, 3.05) is 51.6 Å². The van der Waals surface area contributed by atoms with Gasteiger partial charge in [0, 0.05) is 56.2 Å². The Hall–Kier alpha value is -3.15. The molecule has 1 amide bonds. The zero-order chi connectivity index (χ0) is 23.9. The number of carbonyl (C=O) groups is 1. The molecule has 1 heterocycles. The van der Waals surface area contributed by atoms with Crippen molar-refractivity contribution in [1.82, 2.24) is 14.7 Å². The Bertz CT molecular complexity index is 1060. The van der Waals surface area contributed by atoms with Gasteiger partial charge in [-0.15, -0.1) is 0 Å². The average Bonchev–Trinajstić information content (AvgIpc) is 2.87. The van der Waals surface area contributed by atoms with Crippen molar-refractivity contribution in [2.45, 2.75) is 19.9 Å². The second kappa shape index (κ2) is 11.3. The second-order valence-corrected chi connectivity index (χ2v) is 8.96. The lowest BCUT2D eigenvalue weighted by atomic mass is 9.95. The van der Waals surface area contributed by atoms with Crippen molar-refractivity contribution in [3.05, 3.63) is 95.6 Å². The third-order valence-corrected chi connectivity index (χ3v) is 6.69. The molecule has 1 fully saturated rings. The largest absolute Gasteiger partial charge is 0.356 e. The smallest absolute Gasteiger partial charge is 0.253 e. The van der Waals surface area contributed by atoms with Crippen LogP contribution in [0.1, 0.15) is 41.4 Å². The van der Waals surface area contributed by atoms with E-state index in [1.807, 2.05) is 49.1 Å². The summed E-state index contributed by atoms with van der Waals surface area (Å²) in [5.74, 6) is 0.0988. The first-order chi connectivity index (χ1) is 16.6. The van der Waals surface area contributed by atoms with E-state index in [2.05, 4.69) is 70.7 Å². The fourth-order valence-electron chi connectivity index (χ4n) is 4.67. The molecule has 5 heteroatoms. The lowest BCUT2D eigenvalue weighted by Crippen LogP contribution is -2.46. The van der Waals surface area contributed by atoms with Crippen LogP contribution in [-0.2, 0) is 0 Å². The van der Waals surface area contributed by atoms with Crippen LogP contribution in [0, 0.1) is 0 Å². The molecule has 0 aliphatic carbocycles. The first-order valence-electron chi connectivity index (χ1n) is 12.3. The Morgan fingerprint density at radius 3 is 2.12 bits per heavy atom. The summed E-state index contributed by atoms with van der Waals surface area (Å²) in [5.41, 5.74) is 5.39. The summed E-state index contributed by atoms with van der Waals surface area (Å²) in [6, 6.07) is 27.4. The molecule has 0 spiro atoms. The Labute approximate surface area is 204 Å². The van der Waals surface area contributed by atoms with E-state index in [1.165, 1.54) is 11.1 Å². The van der Waals surface area contributed by atoms with Crippen LogP contribution in [-0.4, -0.2) is 66.9 Å². The molecule has 34 heavy (non-hydrogen) atoms. The highest BCUT2D eigenvalue weighted by molar-refractivity contribution is 5.94. The molecule has 3 aromatic carbocycles. The minimum atomic E-state index is 0.0988. The van der Waals surface area contributed by atoms with E-state index in [0.29, 0.717) is 0 Å². The number of nitrogens with one attached hydrogen (secondary N) is 1. The van der Waals surface area contributed by atoms with Crippen molar-refractivity contribution in [1.29, 1.82) is 0 Å². The van der Waals surface area contributed by atoms with Gasteiger partial charge in [-0.2, -0.15) is 0 Å². The van der Waals surface area contributed by atoms with Gasteiger partial charge in [-0.05, 0) is 68.4 Å². The molecule has 0 saturated carbocycles. The van der Waals surface area contributed by atoms with Gasteiger partial charge in [0.2, 0.25) is 0 Å². The van der Waals surface area contributed by atoms with Crippen molar-refractivity contribution in [3.8, 4) is 0 Å². The minimum Gasteiger partial charge on any atom is -0.356 e. The maximum Gasteiger partial charge on any atom is 0.253 e. The predicted molar refractivity (Wildman–Crippen MR) is 141 cm³/mol. The summed E-state index contributed by atoms with van der Waals surface area (Å²) in [5, 5.41) is 3.53. The summed E-state index contributed by atoms with van der Waals surface area (Å²) in [7, 11) is 2.18. The number of nitrogens with zero attached hydrogens (tertiary/aromatic N) is 3. The molecule has 1 aliphatic heterocycles. The van der Waals surface area contributed by atoms with E-state index < -0.39 is 0 Å². The second-order valence-electron chi connectivity index (χ2n) is 8.96. The van der Waals surface area contributed by atoms with Crippen molar-refractivity contribution < 1.29 is 4.79 Å². The van der Waals surface area contributed by atoms with E-state index in [0.717, 1.165) is 56.2 Å². The van der Waals surface area contributed by atoms with Gasteiger partial charge < -0.3 is 15.1 Å². The molecule has 1 aliphatic rings. The van der Waals surface area contributed by atoms with Crippen molar-refractivity contribution in [2.24, 2.45) is 0 Å². The number of piperazine rings is 1. The van der Waals surface area contributed by atoms with Gasteiger partial charge >= 0.3 is 0 Å². The number of carbonyl (C=O) groups excluding carboxylic acids is 1. The molecule has 0 aromatic heterocycles. The highest BCUT2D eigenvalue weighted by Gasteiger charge is 2.26. The number of rotatable bonds is 8. The number of hydrogen-bond acceptors (Lipinski definition) is 4. The van der Waals surface area contributed by atoms with Crippen LogP contribution >= 0.6 is 0 Å². The number of para-hydroxylation sites is 1. The van der Waals surface area contributed by atoms with Crippen LogP contribution in [0.5, 0.6) is 0 Å². The van der Waals surface area contributed by atoms with Crippen LogP contribution in [0.2, 0.25) is 0 Å². The van der Waals surface area contributed by atoms with E-state index >= 15 is 0 Å². The lowest BCUT2D eigenvalue weighted by Gasteiger charge is -2.38. The van der Waals surface area contributed by atoms with Crippen LogP contribution in [0.3, 0.4) is 0 Å². The molecule has 3 aromatic rings. The summed E-state index contributed by atoms with van der Waals surface area (Å²) in [6.07, 6.45) is 0. The molecule has 1 saturated heterocycles. The zero-order valence-corrected chi connectivity index (χ0v) is 20.6. The number of benzene rings is 3. The molecule has 4 rings (SSSR count). The lowest BCUT2D eigenvalue weighted by molar-refractivity contribution is 0.0773. The molecular weight excluding hydrogens is 420 g/mol. The van der Waals surface area contributed by atoms with Gasteiger partial charge in [0.05, 0.1) is 6.04 Å². The zero-order valence-electron chi connectivity index (χ0n) is 20.6. The van der Waals surface area contributed by atoms with E-state index in [1.54, 1.807) is 0 Å². The molecule has 5 nitrogen and oxygen atoms in total. The number of anilines is 2. The standard InChI is InChI=1S/C29H36N4O/c1-4-32(5-2)29(34)24-16-14-23(15-17-24)28(33-20-18-31(3)19-21-33)25-10-9-13-27(22-25)30-26-11-7-6-8-12-26/h6-17,22,28,30H,4-5,18-21H2,1-3H3/t28-/m1/s1. The van der Waals surface area contributed by atoms with Gasteiger partial charge in [-0.1, -0.05) is 42.5 Å². The molecule has 1 atom stereocenters. The number of hydrogen-bond donors (Lipinski definition) is 1. The normalized spacial score (nSPS) is 15.6. The van der Waals surface area contributed by atoms with Gasteiger partial charge in [-0.3, -0.25) is 9.69 Å². The Morgan fingerprint density at radius 1 is 0.824 bits per heavy atom. The molecular formula is C29H36N4O. The fraction of sp³-hybridized carbons (Fsp3) is 0.345. The van der Waals surface area contributed by atoms with Crippen molar-refractivity contribution in [3.63, 3.8) is 0 Å². The van der Waals surface area contributed by atoms with Gasteiger partial charge in [0.1, 0.15) is 0 Å². The topological polar surface area (TPSA) is 38.8 Å². The monoisotopic (exact) mass is 456 g/mol. The SMILES string of the molecule is CCN(CC)C(=O)c1ccc([C@H](c2cccc(Nc3ccccc3)c2)N2CCN(C)CC2)cc1. The van der Waals surface area contributed by atoms with E-state index in [9.17, 15) is 4.79 Å². The molecule has 0 unspecified atom stereocenters. The van der Waals surface area contributed by atoms with Crippen LogP contribution in [0.25, 0.3) is 0 Å². The summed E-state index contributed by atoms with van der Waals surface area (Å²) >= 11 is 0. The van der Waals surface area contributed by atoms with E-state index in [4.69, 9.17) is 0 Å². The Morgan fingerprint density at radius 2 is 1.47 bits per heavy atom. The van der Waals surface area contributed by atoms with Crippen LogP contribution in [0.15, 0.2) is 78.9 Å². The molecule has 0 radical (unpaired) electrons. The molecule has 178 valence electrons. The third kappa shape index (κ3) is 5.66. The first-order valence-corrected chi connectivity index (χ1v) is 12.3. The summed E-state index contributed by atoms with van der Waals surface area (Å²) in [4.78, 5) is 19.6. The Kier molecular flexibility index (Phi) is 7.99. The predicted octanol–water partition coefficient (Wildman–Crippen LogP) is 5.25. The van der Waals surface area contributed by atoms with Gasteiger partial charge in [-0.25, -0.2) is 0 Å². The van der Waals surface area contributed by atoms with Gasteiger partial charge in [0.15, 0.2) is 0 Å². The highest BCUT2D eigenvalue weighted by atomic mass is 16.2.